The van der Waals surface area contributed by atoms with E-state index >= 15 is 0 Å². The highest BCUT2D eigenvalue weighted by Crippen LogP contribution is 2.46. The first-order valence-corrected chi connectivity index (χ1v) is 5.25. The first kappa shape index (κ1) is 10.7. The number of fused-ring (bicyclic) bond motifs is 1. The zero-order chi connectivity index (χ0) is 11.8. The van der Waals surface area contributed by atoms with Gasteiger partial charge in [-0.25, -0.2) is 0 Å². The lowest BCUT2D eigenvalue weighted by Gasteiger charge is -2.36. The Kier molecular flexibility index (Phi) is 2.43. The third-order valence-electron chi connectivity index (χ3n) is 3.19. The predicted octanol–water partition coefficient (Wildman–Crippen LogP) is 2.63. The van der Waals surface area contributed by atoms with Crippen LogP contribution >= 0.6 is 0 Å². The molecule has 0 saturated heterocycles. The highest BCUT2D eigenvalue weighted by molar-refractivity contribution is 5.82. The third kappa shape index (κ3) is 1.47. The van der Waals surface area contributed by atoms with Crippen LogP contribution in [-0.2, 0) is 4.79 Å². The molecule has 1 aliphatic heterocycles. The van der Waals surface area contributed by atoms with Gasteiger partial charge in [-0.1, -0.05) is 18.2 Å². The van der Waals surface area contributed by atoms with E-state index < -0.39 is 5.41 Å². The van der Waals surface area contributed by atoms with Crippen LogP contribution in [0.1, 0.15) is 31.7 Å². The monoisotopic (exact) mass is 215 g/mol. The number of carbonyl (C=O) groups excluding carboxylic acids is 1. The van der Waals surface area contributed by atoms with Crippen LogP contribution in [0.15, 0.2) is 24.3 Å². The molecule has 3 heteroatoms. The van der Waals surface area contributed by atoms with Crippen molar-refractivity contribution in [1.29, 1.82) is 5.26 Å². The van der Waals surface area contributed by atoms with Gasteiger partial charge in [-0.05, 0) is 19.9 Å². The fourth-order valence-corrected chi connectivity index (χ4v) is 2.08. The number of carbonyl (C=O) groups is 1. The summed E-state index contributed by atoms with van der Waals surface area (Å²) in [6, 6.07) is 9.57. The van der Waals surface area contributed by atoms with E-state index in [1.807, 2.05) is 32.0 Å². The molecule has 1 unspecified atom stereocenters. The molecule has 0 N–H and O–H groups in total. The van der Waals surface area contributed by atoms with Gasteiger partial charge in [-0.2, -0.15) is 5.26 Å². The summed E-state index contributed by atoms with van der Waals surface area (Å²) in [5.41, 5.74) is 0.318. The van der Waals surface area contributed by atoms with Crippen LogP contribution in [0.5, 0.6) is 5.75 Å². The molecule has 0 spiro atoms. The van der Waals surface area contributed by atoms with Gasteiger partial charge in [0.1, 0.15) is 5.75 Å². The molecule has 1 aromatic carbocycles. The van der Waals surface area contributed by atoms with E-state index in [0.29, 0.717) is 12.2 Å². The molecular formula is C13H13NO2. The normalized spacial score (nSPS) is 21.8. The average Bonchev–Trinajstić information content (AvgIpc) is 2.25. The minimum Gasteiger partial charge on any atom is -0.426 e. The van der Waals surface area contributed by atoms with Gasteiger partial charge >= 0.3 is 5.97 Å². The maximum atomic E-state index is 11.8. The fourth-order valence-electron chi connectivity index (χ4n) is 2.08. The Hall–Kier alpha value is -1.82. The zero-order valence-corrected chi connectivity index (χ0v) is 9.36. The van der Waals surface area contributed by atoms with E-state index in [2.05, 4.69) is 6.07 Å². The molecule has 1 heterocycles. The van der Waals surface area contributed by atoms with E-state index in [1.54, 1.807) is 6.07 Å². The Morgan fingerprint density at radius 1 is 1.44 bits per heavy atom. The van der Waals surface area contributed by atoms with Crippen molar-refractivity contribution in [3.05, 3.63) is 29.8 Å². The number of nitrogens with zero attached hydrogens (tertiary/aromatic N) is 1. The summed E-state index contributed by atoms with van der Waals surface area (Å²) in [6.45, 7) is 3.65. The van der Waals surface area contributed by atoms with Gasteiger partial charge in [-0.3, -0.25) is 4.79 Å². The van der Waals surface area contributed by atoms with E-state index in [9.17, 15) is 4.79 Å². The summed E-state index contributed by atoms with van der Waals surface area (Å²) in [7, 11) is 0. The Labute approximate surface area is 94.6 Å². The fraction of sp³-hybridized carbons (Fsp3) is 0.385. The number of esters is 1. The number of hydrogen-bond acceptors (Lipinski definition) is 3. The lowest BCUT2D eigenvalue weighted by Crippen LogP contribution is -2.39. The highest BCUT2D eigenvalue weighted by Gasteiger charge is 2.44. The summed E-state index contributed by atoms with van der Waals surface area (Å²) in [4.78, 5) is 11.8. The first-order chi connectivity index (χ1) is 7.57. The number of hydrogen-bond donors (Lipinski definition) is 0. The molecule has 0 amide bonds. The molecule has 2 rings (SSSR count). The zero-order valence-electron chi connectivity index (χ0n) is 9.36. The molecule has 0 aromatic heterocycles. The molecule has 1 atom stereocenters. The van der Waals surface area contributed by atoms with E-state index in [1.165, 1.54) is 0 Å². The second-order valence-electron chi connectivity index (χ2n) is 4.56. The van der Waals surface area contributed by atoms with Crippen LogP contribution in [-0.4, -0.2) is 5.97 Å². The lowest BCUT2D eigenvalue weighted by atomic mass is 9.71. The van der Waals surface area contributed by atoms with E-state index in [4.69, 9.17) is 10.00 Å². The SMILES string of the molecule is CC1(C)C(=O)Oc2ccccc2C1CC#N. The summed E-state index contributed by atoms with van der Waals surface area (Å²) in [5.74, 6) is 0.244. The minimum atomic E-state index is -0.635. The van der Waals surface area contributed by atoms with Gasteiger partial charge in [0.2, 0.25) is 0 Å². The van der Waals surface area contributed by atoms with Crippen LogP contribution in [0.3, 0.4) is 0 Å². The lowest BCUT2D eigenvalue weighted by molar-refractivity contribution is -0.147. The topological polar surface area (TPSA) is 50.1 Å². The molecule has 3 nitrogen and oxygen atoms in total. The maximum absolute atomic E-state index is 11.8. The van der Waals surface area contributed by atoms with E-state index in [-0.39, 0.29) is 11.9 Å². The van der Waals surface area contributed by atoms with Gasteiger partial charge in [0, 0.05) is 17.9 Å². The third-order valence-corrected chi connectivity index (χ3v) is 3.19. The van der Waals surface area contributed by atoms with Crippen molar-refractivity contribution < 1.29 is 9.53 Å². The molecule has 0 saturated carbocycles. The number of nitriles is 1. The number of rotatable bonds is 1. The van der Waals surface area contributed by atoms with Crippen molar-refractivity contribution in [3.63, 3.8) is 0 Å². The molecule has 1 aromatic rings. The van der Waals surface area contributed by atoms with Crippen molar-refractivity contribution in [2.75, 3.05) is 0 Å². The number of ether oxygens (including phenoxy) is 1. The van der Waals surface area contributed by atoms with Gasteiger partial charge < -0.3 is 4.74 Å². The van der Waals surface area contributed by atoms with Crippen LogP contribution in [0, 0.1) is 16.7 Å². The molecule has 16 heavy (non-hydrogen) atoms. The second-order valence-corrected chi connectivity index (χ2v) is 4.56. The predicted molar refractivity (Wildman–Crippen MR) is 58.8 cm³/mol. The van der Waals surface area contributed by atoms with E-state index in [0.717, 1.165) is 5.56 Å². The van der Waals surface area contributed by atoms with Crippen LogP contribution < -0.4 is 4.74 Å². The summed E-state index contributed by atoms with van der Waals surface area (Å²) < 4.78 is 5.28. The maximum Gasteiger partial charge on any atom is 0.317 e. The standard InChI is InChI=1S/C13H13NO2/c1-13(2)10(7-8-14)9-5-3-4-6-11(9)16-12(13)15/h3-6,10H,7H2,1-2H3. The van der Waals surface area contributed by atoms with Crippen LogP contribution in [0.25, 0.3) is 0 Å². The summed E-state index contributed by atoms with van der Waals surface area (Å²) >= 11 is 0. The van der Waals surface area contributed by atoms with Crippen molar-refractivity contribution in [2.45, 2.75) is 26.2 Å². The summed E-state index contributed by atoms with van der Waals surface area (Å²) in [6.07, 6.45) is 0.332. The Morgan fingerprint density at radius 2 is 2.12 bits per heavy atom. The number of benzene rings is 1. The highest BCUT2D eigenvalue weighted by atomic mass is 16.5. The Morgan fingerprint density at radius 3 is 2.81 bits per heavy atom. The van der Waals surface area contributed by atoms with Crippen LogP contribution in [0.4, 0.5) is 0 Å². The molecular weight excluding hydrogens is 202 g/mol. The minimum absolute atomic E-state index is 0.0880. The Balaban J connectivity index is 2.54. The quantitative estimate of drug-likeness (QED) is 0.534. The van der Waals surface area contributed by atoms with Crippen LogP contribution in [0.2, 0.25) is 0 Å². The molecule has 0 fully saturated rings. The van der Waals surface area contributed by atoms with Crippen molar-refractivity contribution in [2.24, 2.45) is 5.41 Å². The number of para-hydroxylation sites is 1. The molecule has 0 aliphatic carbocycles. The van der Waals surface area contributed by atoms with Crippen molar-refractivity contribution in [1.82, 2.24) is 0 Å². The molecule has 0 bridgehead atoms. The Bertz CT molecular complexity index is 471. The molecule has 0 radical (unpaired) electrons. The molecule has 82 valence electrons. The van der Waals surface area contributed by atoms with Gasteiger partial charge in [-0.15, -0.1) is 0 Å². The smallest absolute Gasteiger partial charge is 0.317 e. The van der Waals surface area contributed by atoms with Crippen molar-refractivity contribution in [3.8, 4) is 11.8 Å². The largest absolute Gasteiger partial charge is 0.426 e. The average molecular weight is 215 g/mol. The van der Waals surface area contributed by atoms with Crippen molar-refractivity contribution >= 4 is 5.97 Å². The summed E-state index contributed by atoms with van der Waals surface area (Å²) in [5, 5.41) is 8.86. The second kappa shape index (κ2) is 3.64. The van der Waals surface area contributed by atoms with Gasteiger partial charge in [0.05, 0.1) is 11.5 Å². The van der Waals surface area contributed by atoms with Gasteiger partial charge in [0.15, 0.2) is 0 Å². The molecule has 1 aliphatic rings. The van der Waals surface area contributed by atoms with Gasteiger partial charge in [0.25, 0.3) is 0 Å². The first-order valence-electron chi connectivity index (χ1n) is 5.25.